The van der Waals surface area contributed by atoms with Crippen molar-refractivity contribution in [3.63, 3.8) is 0 Å². The van der Waals surface area contributed by atoms with Gasteiger partial charge in [0, 0.05) is 60.0 Å². The fraction of sp³-hybridized carbons (Fsp3) is 0.500. The fourth-order valence-corrected chi connectivity index (χ4v) is 12.3. The van der Waals surface area contributed by atoms with E-state index in [1.54, 1.807) is 12.1 Å². The number of rotatable bonds is 6. The molecule has 2 fully saturated rings. The van der Waals surface area contributed by atoms with Gasteiger partial charge in [-0.05, 0) is 74.5 Å². The van der Waals surface area contributed by atoms with Crippen molar-refractivity contribution in [3.8, 4) is 46.3 Å². The van der Waals surface area contributed by atoms with E-state index in [9.17, 15) is 24.8 Å². The van der Waals surface area contributed by atoms with Crippen LogP contribution in [-0.4, -0.2) is 97.9 Å². The predicted octanol–water partition coefficient (Wildman–Crippen LogP) is 4.99. The molecule has 0 aromatic heterocycles. The third-order valence-electron chi connectivity index (χ3n) is 13.1. The Hall–Kier alpha value is -5.21. The Balaban J connectivity index is 1.29. The van der Waals surface area contributed by atoms with Crippen molar-refractivity contribution < 1.29 is 52.6 Å². The van der Waals surface area contributed by atoms with Crippen molar-refractivity contribution >= 4 is 29.7 Å². The summed E-state index contributed by atoms with van der Waals surface area (Å²) in [6.07, 6.45) is 1.88. The molecule has 0 saturated carbocycles. The molecule has 1 unspecified atom stereocenters. The SMILES string of the molecule is CCCC(=O)Oc1cc2c(cc1OC)[C@@]1(CS[C@@H]3c4c(OC(C)=O)c(C)c5c(c4[C@H](COC1=O)N1C3[C@H]3c4c(cc(C)c(OC)c4O)C[C@@H]([C@@H]1C#N)N3C)OCO5)NCC2. The van der Waals surface area contributed by atoms with Crippen LogP contribution in [0, 0.1) is 25.2 Å². The normalized spacial score (nSPS) is 27.4. The summed E-state index contributed by atoms with van der Waals surface area (Å²) in [7, 11) is 5.01. The Labute approximate surface area is 352 Å². The first-order chi connectivity index (χ1) is 28.9. The molecular formula is C44H48N4O11S. The van der Waals surface area contributed by atoms with Gasteiger partial charge < -0.3 is 38.3 Å². The second-order valence-electron chi connectivity index (χ2n) is 16.3. The number of piperazine rings is 1. The van der Waals surface area contributed by atoms with Gasteiger partial charge in [0.15, 0.2) is 40.0 Å². The molecule has 0 radical (unpaired) electrons. The van der Waals surface area contributed by atoms with E-state index >= 15 is 0 Å². The molecule has 1 spiro atoms. The summed E-state index contributed by atoms with van der Waals surface area (Å²) >= 11 is 1.47. The van der Waals surface area contributed by atoms with Gasteiger partial charge in [0.1, 0.15) is 18.4 Å². The van der Waals surface area contributed by atoms with Crippen LogP contribution in [-0.2, 0) is 37.5 Å². The van der Waals surface area contributed by atoms with Crippen molar-refractivity contribution in [3.05, 3.63) is 62.7 Å². The lowest BCUT2D eigenvalue weighted by Crippen LogP contribution is -2.69. The minimum absolute atomic E-state index is 0.0340. The van der Waals surface area contributed by atoms with Crippen molar-refractivity contribution in [2.24, 2.45) is 0 Å². The molecule has 2 N–H and O–H groups in total. The number of fused-ring (bicyclic) bond motifs is 9. The molecule has 316 valence electrons. The van der Waals surface area contributed by atoms with E-state index in [4.69, 9.17) is 33.2 Å². The fourth-order valence-electron chi connectivity index (χ4n) is 10.6. The number of hydrogen-bond acceptors (Lipinski definition) is 16. The number of thioether (sulfide) groups is 1. The van der Waals surface area contributed by atoms with Gasteiger partial charge in [-0.3, -0.25) is 24.7 Å². The minimum Gasteiger partial charge on any atom is -0.504 e. The van der Waals surface area contributed by atoms with E-state index in [0.717, 1.165) is 16.7 Å². The summed E-state index contributed by atoms with van der Waals surface area (Å²) in [6.45, 7) is 7.12. The molecule has 0 aliphatic carbocycles. The number of nitrogens with zero attached hydrogens (tertiary/aromatic N) is 3. The van der Waals surface area contributed by atoms with Crippen LogP contribution in [0.3, 0.4) is 0 Å². The monoisotopic (exact) mass is 840 g/mol. The number of carbonyl (C=O) groups excluding carboxylic acids is 3. The number of ether oxygens (including phenoxy) is 7. The van der Waals surface area contributed by atoms with Crippen molar-refractivity contribution in [1.29, 1.82) is 5.26 Å². The molecule has 3 aromatic rings. The Bertz CT molecular complexity index is 2380. The second-order valence-corrected chi connectivity index (χ2v) is 17.4. The quantitative estimate of drug-likeness (QED) is 0.251. The van der Waals surface area contributed by atoms with Gasteiger partial charge in [-0.1, -0.05) is 13.0 Å². The molecule has 16 heteroatoms. The number of hydrogen-bond donors (Lipinski definition) is 2. The number of benzene rings is 3. The first-order valence-corrected chi connectivity index (χ1v) is 21.3. The lowest BCUT2D eigenvalue weighted by molar-refractivity contribution is -0.157. The van der Waals surface area contributed by atoms with Gasteiger partial charge in [0.05, 0.1) is 37.6 Å². The number of methoxy groups -OCH3 is 2. The lowest BCUT2D eigenvalue weighted by atomic mass is 9.71. The Morgan fingerprint density at radius 2 is 1.82 bits per heavy atom. The zero-order valence-electron chi connectivity index (χ0n) is 34.6. The van der Waals surface area contributed by atoms with Crippen molar-refractivity contribution in [2.45, 2.75) is 94.4 Å². The number of phenolic OH excluding ortho intramolecular Hbond substituents is 1. The standard InChI is InChI=1S/C44H48N4O11S/c1-8-9-31(50)59-30-14-23-10-11-46-44(25(23)15-29(30)53-6)18-60-42-34-33(41-40(56-19-57-41)21(3)39(34)58-22(4)49)28(17-55-43(44)52)48-27(16-45)26-13-24-12-20(2)38(54-7)37(51)32(24)35(36(42)48)47(26)5/h12,14-15,26-28,35-36,42,46,51H,8-11,13,17-19H2,1-7H3/t26-,27-,28-,35+,36?,42+,44+/m0/s1. The number of likely N-dealkylation sites (N-methyl/N-ethyl adjacent to an activating group) is 1. The molecule has 60 heavy (non-hydrogen) atoms. The van der Waals surface area contributed by atoms with E-state index < -0.39 is 46.9 Å². The number of aromatic hydroxyl groups is 1. The number of aryl methyl sites for hydroxylation is 1. The third kappa shape index (κ3) is 5.83. The number of phenols is 1. The molecular weight excluding hydrogens is 793 g/mol. The van der Waals surface area contributed by atoms with E-state index in [1.165, 1.54) is 32.9 Å². The average Bonchev–Trinajstić information content (AvgIpc) is 3.71. The van der Waals surface area contributed by atoms with Crippen LogP contribution in [0.2, 0.25) is 0 Å². The van der Waals surface area contributed by atoms with Gasteiger partial charge >= 0.3 is 17.9 Å². The molecule has 10 rings (SSSR count). The van der Waals surface area contributed by atoms with Crippen LogP contribution in [0.25, 0.3) is 0 Å². The van der Waals surface area contributed by atoms with Gasteiger partial charge in [0.2, 0.25) is 6.79 Å². The van der Waals surface area contributed by atoms with Gasteiger partial charge in [-0.2, -0.15) is 5.26 Å². The predicted molar refractivity (Wildman–Crippen MR) is 217 cm³/mol. The zero-order valence-corrected chi connectivity index (χ0v) is 35.4. The zero-order chi connectivity index (χ0) is 42.4. The lowest BCUT2D eigenvalue weighted by Gasteiger charge is -2.62. The van der Waals surface area contributed by atoms with Crippen LogP contribution in [0.5, 0.6) is 40.2 Å². The highest BCUT2D eigenvalue weighted by Gasteiger charge is 2.62. The molecule has 7 atom stereocenters. The topological polar surface area (TPSA) is 178 Å². The highest BCUT2D eigenvalue weighted by molar-refractivity contribution is 7.99. The minimum atomic E-state index is -1.41. The summed E-state index contributed by atoms with van der Waals surface area (Å²) < 4.78 is 42.3. The van der Waals surface area contributed by atoms with Crippen molar-refractivity contribution in [1.82, 2.24) is 15.1 Å². The van der Waals surface area contributed by atoms with Crippen LogP contribution < -0.4 is 33.7 Å². The Morgan fingerprint density at radius 3 is 2.53 bits per heavy atom. The number of carbonyl (C=O) groups is 3. The van der Waals surface area contributed by atoms with E-state index in [1.807, 2.05) is 33.9 Å². The van der Waals surface area contributed by atoms with E-state index in [0.29, 0.717) is 82.4 Å². The molecule has 7 aliphatic heterocycles. The highest BCUT2D eigenvalue weighted by atomic mass is 32.2. The molecule has 7 heterocycles. The molecule has 3 aromatic carbocycles. The van der Waals surface area contributed by atoms with Crippen LogP contribution in [0.4, 0.5) is 0 Å². The summed E-state index contributed by atoms with van der Waals surface area (Å²) in [5.41, 5.74) is 4.32. The summed E-state index contributed by atoms with van der Waals surface area (Å²) in [6, 6.07) is 5.37. The molecule has 0 amide bonds. The van der Waals surface area contributed by atoms with Crippen molar-refractivity contribution in [2.75, 3.05) is 47.0 Å². The maximum absolute atomic E-state index is 15.0. The maximum Gasteiger partial charge on any atom is 0.331 e. The second kappa shape index (κ2) is 15.1. The summed E-state index contributed by atoms with van der Waals surface area (Å²) in [4.78, 5) is 45.0. The highest BCUT2D eigenvalue weighted by Crippen LogP contribution is 2.64. The Kier molecular flexibility index (Phi) is 10.1. The molecule has 2 saturated heterocycles. The molecule has 4 bridgehead atoms. The first-order valence-electron chi connectivity index (χ1n) is 20.3. The first kappa shape index (κ1) is 40.2. The smallest absolute Gasteiger partial charge is 0.331 e. The van der Waals surface area contributed by atoms with E-state index in [-0.39, 0.29) is 49.1 Å². The molecule has 7 aliphatic rings. The number of nitriles is 1. The van der Waals surface area contributed by atoms with Crippen LogP contribution in [0.15, 0.2) is 18.2 Å². The maximum atomic E-state index is 15.0. The van der Waals surface area contributed by atoms with E-state index in [2.05, 4.69) is 21.2 Å². The largest absolute Gasteiger partial charge is 0.504 e. The molecule has 15 nitrogen and oxygen atoms in total. The summed E-state index contributed by atoms with van der Waals surface area (Å²) in [5, 5.41) is 26.3. The average molecular weight is 841 g/mol. The summed E-state index contributed by atoms with van der Waals surface area (Å²) in [5.74, 6) is 0.866. The van der Waals surface area contributed by atoms with Crippen LogP contribution in [0.1, 0.15) is 88.5 Å². The number of esters is 3. The van der Waals surface area contributed by atoms with Gasteiger partial charge in [-0.15, -0.1) is 11.8 Å². The van der Waals surface area contributed by atoms with Crippen LogP contribution >= 0.6 is 11.8 Å². The third-order valence-corrected chi connectivity index (χ3v) is 14.6. The Morgan fingerprint density at radius 1 is 1.03 bits per heavy atom. The van der Waals surface area contributed by atoms with Gasteiger partial charge in [-0.25, -0.2) is 4.79 Å². The van der Waals surface area contributed by atoms with Gasteiger partial charge in [0.25, 0.3) is 0 Å². The number of nitrogens with one attached hydrogen (secondary N) is 1.